The summed E-state index contributed by atoms with van der Waals surface area (Å²) in [5.74, 6) is -1.16. The third-order valence-electron chi connectivity index (χ3n) is 5.69. The van der Waals surface area contributed by atoms with Crippen molar-refractivity contribution in [2.24, 2.45) is 0 Å². The fourth-order valence-electron chi connectivity index (χ4n) is 4.05. The zero-order chi connectivity index (χ0) is 24.4. The largest absolute Gasteiger partial charge is 0.507 e. The van der Waals surface area contributed by atoms with Crippen molar-refractivity contribution in [3.8, 4) is 5.75 Å². The van der Waals surface area contributed by atoms with Crippen LogP contribution in [0.15, 0.2) is 90.2 Å². The number of hydrogen-bond acceptors (Lipinski definition) is 7. The van der Waals surface area contributed by atoms with E-state index in [2.05, 4.69) is 16.0 Å². The zero-order valence-electron chi connectivity index (χ0n) is 18.8. The molecule has 2 aromatic carbocycles. The number of aromatic nitrogens is 2. The first-order valence-electron chi connectivity index (χ1n) is 10.9. The van der Waals surface area contributed by atoms with E-state index in [1.807, 2.05) is 25.1 Å². The van der Waals surface area contributed by atoms with Crippen LogP contribution in [0.4, 0.5) is 5.13 Å². The topological polar surface area (TPSA) is 92.6 Å². The number of aliphatic hydroxyl groups is 1. The third-order valence-corrected chi connectivity index (χ3v) is 6.46. The van der Waals surface area contributed by atoms with E-state index in [-0.39, 0.29) is 11.3 Å². The molecule has 1 aliphatic heterocycles. The van der Waals surface area contributed by atoms with Crippen molar-refractivity contribution in [1.29, 1.82) is 0 Å². The Kier molecular flexibility index (Phi) is 6.12. The van der Waals surface area contributed by atoms with Gasteiger partial charge in [0.15, 0.2) is 5.13 Å². The predicted octanol–water partition coefficient (Wildman–Crippen LogP) is 5.05. The number of carbonyl (C=O) groups excluding carboxylic acids is 2. The van der Waals surface area contributed by atoms with Crippen molar-refractivity contribution in [3.63, 3.8) is 0 Å². The summed E-state index contributed by atoms with van der Waals surface area (Å²) in [5, 5.41) is 13.3. The summed E-state index contributed by atoms with van der Waals surface area (Å²) in [5.41, 5.74) is 3.20. The highest BCUT2D eigenvalue weighted by molar-refractivity contribution is 7.14. The van der Waals surface area contributed by atoms with Crippen LogP contribution in [0.5, 0.6) is 5.75 Å². The molecule has 0 aliphatic carbocycles. The fraction of sp³-hybridized carbons (Fsp3) is 0.111. The lowest BCUT2D eigenvalue weighted by atomic mass is 9.96. The Balaban J connectivity index is 1.47. The van der Waals surface area contributed by atoms with Crippen LogP contribution in [0.3, 0.4) is 0 Å². The molecule has 3 heterocycles. The van der Waals surface area contributed by atoms with E-state index in [0.717, 1.165) is 11.1 Å². The number of pyridine rings is 1. The maximum atomic E-state index is 13.1. The van der Waals surface area contributed by atoms with Gasteiger partial charge in [0.05, 0.1) is 11.6 Å². The van der Waals surface area contributed by atoms with Gasteiger partial charge in [0, 0.05) is 29.5 Å². The Morgan fingerprint density at radius 2 is 1.91 bits per heavy atom. The summed E-state index contributed by atoms with van der Waals surface area (Å²) < 4.78 is 5.86. The second-order valence-electron chi connectivity index (χ2n) is 8.07. The molecule has 7 nitrogen and oxygen atoms in total. The summed E-state index contributed by atoms with van der Waals surface area (Å²) in [7, 11) is 0. The molecule has 1 atom stereocenters. The van der Waals surface area contributed by atoms with Crippen molar-refractivity contribution in [2.75, 3.05) is 4.90 Å². The predicted molar refractivity (Wildman–Crippen MR) is 133 cm³/mol. The van der Waals surface area contributed by atoms with Crippen molar-refractivity contribution >= 4 is 33.9 Å². The quantitative estimate of drug-likeness (QED) is 0.234. The smallest absolute Gasteiger partial charge is 0.301 e. The maximum Gasteiger partial charge on any atom is 0.301 e. The number of aliphatic hydroxyl groups excluding tert-OH is 1. The van der Waals surface area contributed by atoms with E-state index >= 15 is 0 Å². The van der Waals surface area contributed by atoms with Gasteiger partial charge < -0.3 is 9.84 Å². The molecule has 0 radical (unpaired) electrons. The average molecular weight is 484 g/mol. The summed E-state index contributed by atoms with van der Waals surface area (Å²) >= 11 is 1.24. The number of Topliss-reactive ketones (excluding diaryl/α,β-unsaturated/α-hetero) is 1. The van der Waals surface area contributed by atoms with Gasteiger partial charge in [-0.2, -0.15) is 0 Å². The van der Waals surface area contributed by atoms with E-state index in [4.69, 9.17) is 4.74 Å². The Morgan fingerprint density at radius 1 is 1.09 bits per heavy atom. The van der Waals surface area contributed by atoms with Crippen LogP contribution in [-0.2, 0) is 16.2 Å². The number of carbonyl (C=O) groups is 2. The first-order chi connectivity index (χ1) is 17.0. The van der Waals surface area contributed by atoms with Crippen LogP contribution in [-0.4, -0.2) is 26.8 Å². The second-order valence-corrected chi connectivity index (χ2v) is 8.95. The molecule has 5 rings (SSSR count). The normalized spacial score (nSPS) is 17.1. The van der Waals surface area contributed by atoms with E-state index in [0.29, 0.717) is 28.6 Å². The number of thiazole rings is 1. The van der Waals surface area contributed by atoms with Gasteiger partial charge in [-0.25, -0.2) is 4.98 Å². The Bertz CT molecular complexity index is 1400. The number of ketones is 1. The van der Waals surface area contributed by atoms with E-state index in [1.165, 1.54) is 16.2 Å². The highest BCUT2D eigenvalue weighted by Crippen LogP contribution is 2.42. The monoisotopic (exact) mass is 483 g/mol. The lowest BCUT2D eigenvalue weighted by Gasteiger charge is -2.22. The molecule has 174 valence electrons. The van der Waals surface area contributed by atoms with Crippen LogP contribution in [0, 0.1) is 6.92 Å². The lowest BCUT2D eigenvalue weighted by Crippen LogP contribution is -2.29. The molecule has 1 N–H and O–H groups in total. The number of rotatable bonds is 6. The summed E-state index contributed by atoms with van der Waals surface area (Å²) in [6.07, 6.45) is 4.75. The molecule has 1 saturated heterocycles. The minimum absolute atomic E-state index is 0.00775. The van der Waals surface area contributed by atoms with Crippen LogP contribution in [0.25, 0.3) is 5.76 Å². The molecule has 0 spiro atoms. The van der Waals surface area contributed by atoms with Crippen molar-refractivity contribution < 1.29 is 19.4 Å². The molecule has 1 amide bonds. The van der Waals surface area contributed by atoms with Crippen LogP contribution < -0.4 is 9.64 Å². The first kappa shape index (κ1) is 22.5. The number of nitrogens with zero attached hydrogens (tertiary/aromatic N) is 3. The summed E-state index contributed by atoms with van der Waals surface area (Å²) in [4.78, 5) is 35.7. The number of ether oxygens (including phenoxy) is 1. The standard InChI is InChI=1S/C27H21N3O4S/c1-17-4-2-5-18(14-17)16-34-21-9-7-19(8-10-21)24(31)22-23(20-6-3-11-28-15-20)30(26(33)25(22)32)27-29-12-13-35-27/h2-15,23,31H,16H2,1H3/t23-/m0/s1. The van der Waals surface area contributed by atoms with Crippen LogP contribution in [0.2, 0.25) is 0 Å². The van der Waals surface area contributed by atoms with Gasteiger partial charge in [-0.05, 0) is 48.4 Å². The van der Waals surface area contributed by atoms with Crippen molar-refractivity contribution in [2.45, 2.75) is 19.6 Å². The third kappa shape index (κ3) is 4.43. The molecule has 4 aromatic rings. The van der Waals surface area contributed by atoms with E-state index in [1.54, 1.807) is 60.4 Å². The highest BCUT2D eigenvalue weighted by Gasteiger charge is 2.48. The van der Waals surface area contributed by atoms with Gasteiger partial charge in [0.1, 0.15) is 18.1 Å². The van der Waals surface area contributed by atoms with Gasteiger partial charge in [0.25, 0.3) is 5.78 Å². The number of aryl methyl sites for hydroxylation is 1. The number of anilines is 1. The highest BCUT2D eigenvalue weighted by atomic mass is 32.1. The van der Waals surface area contributed by atoms with Crippen molar-refractivity contribution in [1.82, 2.24) is 9.97 Å². The van der Waals surface area contributed by atoms with Crippen LogP contribution in [0.1, 0.15) is 28.3 Å². The molecule has 0 unspecified atom stereocenters. The van der Waals surface area contributed by atoms with Gasteiger partial charge in [-0.3, -0.25) is 19.5 Å². The van der Waals surface area contributed by atoms with E-state index < -0.39 is 17.7 Å². The molecule has 1 aliphatic rings. The minimum Gasteiger partial charge on any atom is -0.507 e. The van der Waals surface area contributed by atoms with Gasteiger partial charge in [0.2, 0.25) is 0 Å². The fourth-order valence-corrected chi connectivity index (χ4v) is 4.72. The molecule has 8 heteroatoms. The second kappa shape index (κ2) is 9.52. The molecule has 1 fully saturated rings. The number of benzene rings is 2. The minimum atomic E-state index is -0.841. The first-order valence-corrected chi connectivity index (χ1v) is 11.8. The number of amides is 1. The van der Waals surface area contributed by atoms with Crippen molar-refractivity contribution in [3.05, 3.63) is 112 Å². The van der Waals surface area contributed by atoms with Gasteiger partial charge in [-0.1, -0.05) is 35.9 Å². The average Bonchev–Trinajstić information content (AvgIpc) is 3.50. The summed E-state index contributed by atoms with van der Waals surface area (Å²) in [6, 6.07) is 17.5. The molecular formula is C27H21N3O4S. The van der Waals surface area contributed by atoms with Gasteiger partial charge >= 0.3 is 5.91 Å². The Labute approximate surface area is 206 Å². The lowest BCUT2D eigenvalue weighted by molar-refractivity contribution is -0.132. The maximum absolute atomic E-state index is 13.1. The molecule has 35 heavy (non-hydrogen) atoms. The molecule has 0 saturated carbocycles. The number of hydrogen-bond donors (Lipinski definition) is 1. The molecule has 2 aromatic heterocycles. The van der Waals surface area contributed by atoms with Gasteiger partial charge in [-0.15, -0.1) is 11.3 Å². The molecular weight excluding hydrogens is 462 g/mol. The summed E-state index contributed by atoms with van der Waals surface area (Å²) in [6.45, 7) is 2.44. The Morgan fingerprint density at radius 3 is 2.60 bits per heavy atom. The SMILES string of the molecule is Cc1cccc(COc2ccc(C(O)=C3C(=O)C(=O)N(c4nccs4)[C@H]3c3cccnc3)cc2)c1. The van der Waals surface area contributed by atoms with E-state index in [9.17, 15) is 14.7 Å². The van der Waals surface area contributed by atoms with Crippen LogP contribution >= 0.6 is 11.3 Å². The molecule has 0 bridgehead atoms. The zero-order valence-corrected chi connectivity index (χ0v) is 19.6. The Hall–Kier alpha value is -4.30.